The molecule has 1 unspecified atom stereocenters. The lowest BCUT2D eigenvalue weighted by molar-refractivity contribution is 0.0886. The van der Waals surface area contributed by atoms with Crippen molar-refractivity contribution in [2.45, 2.75) is 50.3 Å². The van der Waals surface area contributed by atoms with Gasteiger partial charge in [0.1, 0.15) is 11.7 Å². The topological polar surface area (TPSA) is 39.0 Å². The number of halogens is 1. The average molecular weight is 402 g/mol. The second-order valence-electron chi connectivity index (χ2n) is 7.20. The smallest absolute Gasteiger partial charge is 0.157 e. The van der Waals surface area contributed by atoms with E-state index in [1.165, 1.54) is 6.04 Å². The number of rotatable bonds is 8. The van der Waals surface area contributed by atoms with Crippen molar-refractivity contribution >= 4 is 41.7 Å². The average Bonchev–Trinajstić information content (AvgIpc) is 2.85. The number of ether oxygens (including phenoxy) is 2. The monoisotopic (exact) mass is 401 g/mol. The van der Waals surface area contributed by atoms with Crippen LogP contribution in [0.3, 0.4) is 0 Å². The predicted octanol–water partition coefficient (Wildman–Crippen LogP) is 4.08. The Morgan fingerprint density at radius 1 is 1.39 bits per heavy atom. The number of methoxy groups -OCH3 is 1. The summed E-state index contributed by atoms with van der Waals surface area (Å²) in [7, 11) is 0.688. The summed E-state index contributed by atoms with van der Waals surface area (Å²) < 4.78 is 13.2. The number of fused-ring (bicyclic) bond motifs is 1. The Morgan fingerprint density at radius 2 is 2.13 bits per heavy atom. The molecule has 5 nitrogen and oxygen atoms in total. The van der Waals surface area contributed by atoms with Gasteiger partial charge in [-0.3, -0.25) is 0 Å². The third-order valence-corrected chi connectivity index (χ3v) is 6.27. The number of nitrogens with zero attached hydrogens (tertiary/aromatic N) is 3. The van der Waals surface area contributed by atoms with Crippen molar-refractivity contribution in [1.82, 2.24) is 4.57 Å². The summed E-state index contributed by atoms with van der Waals surface area (Å²) in [6, 6.07) is 3.55. The summed E-state index contributed by atoms with van der Waals surface area (Å²) >= 11 is 3.68. The van der Waals surface area contributed by atoms with Gasteiger partial charge >= 0.3 is 0 Å². The summed E-state index contributed by atoms with van der Waals surface area (Å²) in [6.07, 6.45) is 3.97. The largest absolute Gasteiger partial charge is 0.383 e. The molecule has 1 aliphatic heterocycles. The van der Waals surface area contributed by atoms with E-state index in [-0.39, 0.29) is 11.0 Å². The number of hydrogen-bond donors (Lipinski definition) is 0. The molecule has 0 aliphatic carbocycles. The fourth-order valence-corrected chi connectivity index (χ4v) is 4.08. The highest BCUT2D eigenvalue weighted by Gasteiger charge is 2.28. The van der Waals surface area contributed by atoms with E-state index in [1.54, 1.807) is 7.11 Å². The van der Waals surface area contributed by atoms with Crippen LogP contribution < -0.4 is 4.90 Å². The van der Waals surface area contributed by atoms with Crippen molar-refractivity contribution in [2.75, 3.05) is 25.2 Å². The molecule has 0 fully saturated rings. The van der Waals surface area contributed by atoms with Crippen LogP contribution in [0.15, 0.2) is 17.3 Å². The predicted molar refractivity (Wildman–Crippen MR) is 103 cm³/mol. The molecule has 0 bridgehead atoms. The maximum Gasteiger partial charge on any atom is 0.157 e. The van der Waals surface area contributed by atoms with Crippen LogP contribution in [0.1, 0.15) is 6.92 Å². The standard InChI is InChI=1S/C16H28BrN3O2Si/c1-13(11-21-2)20-14-6-7-19(16(14)18-10-15(20)17)12-22-8-9-23(3,4)5/h6-7,10,13,15H,8-9,11-12H2,1-5H3/t13?,15-/m0/s1. The molecule has 0 aromatic carbocycles. The van der Waals surface area contributed by atoms with Gasteiger partial charge in [-0.15, -0.1) is 0 Å². The van der Waals surface area contributed by atoms with E-state index in [1.807, 2.05) is 12.4 Å². The zero-order valence-electron chi connectivity index (χ0n) is 14.8. The third-order valence-electron chi connectivity index (χ3n) is 3.89. The maximum absolute atomic E-state index is 5.86. The molecule has 0 radical (unpaired) electrons. The summed E-state index contributed by atoms with van der Waals surface area (Å²) in [4.78, 5) is 6.96. The summed E-state index contributed by atoms with van der Waals surface area (Å²) in [5.74, 6) is 0.955. The normalized spacial score (nSPS) is 19.0. The van der Waals surface area contributed by atoms with Gasteiger partial charge in [-0.1, -0.05) is 35.6 Å². The first kappa shape index (κ1) is 18.7. The zero-order chi connectivity index (χ0) is 17.0. The molecule has 0 spiro atoms. The van der Waals surface area contributed by atoms with Gasteiger partial charge in [0.05, 0.1) is 18.3 Å². The van der Waals surface area contributed by atoms with E-state index in [2.05, 4.69) is 63.0 Å². The lowest BCUT2D eigenvalue weighted by Crippen LogP contribution is -2.43. The van der Waals surface area contributed by atoms with Gasteiger partial charge in [0, 0.05) is 34.2 Å². The highest BCUT2D eigenvalue weighted by Crippen LogP contribution is 2.37. The summed E-state index contributed by atoms with van der Waals surface area (Å²) in [5, 5.41) is 0. The van der Waals surface area contributed by atoms with Crippen LogP contribution in [0, 0.1) is 0 Å². The quantitative estimate of drug-likeness (QED) is 0.285. The van der Waals surface area contributed by atoms with Gasteiger partial charge in [0.2, 0.25) is 0 Å². The minimum absolute atomic E-state index is 0.0869. The lowest BCUT2D eigenvalue weighted by Gasteiger charge is -2.35. The van der Waals surface area contributed by atoms with Gasteiger partial charge < -0.3 is 18.9 Å². The van der Waals surface area contributed by atoms with Crippen molar-refractivity contribution in [3.8, 4) is 0 Å². The molecule has 1 aromatic rings. The van der Waals surface area contributed by atoms with Gasteiger partial charge in [-0.25, -0.2) is 4.99 Å². The second-order valence-corrected chi connectivity index (χ2v) is 13.8. The van der Waals surface area contributed by atoms with Crippen molar-refractivity contribution in [2.24, 2.45) is 4.99 Å². The SMILES string of the molecule is COCC(C)N1c2ccn(COCC[Si](C)(C)C)c2N=C[C@H]1Br. The first-order valence-corrected chi connectivity index (χ1v) is 12.7. The number of aromatic nitrogens is 1. The number of hydrogen-bond acceptors (Lipinski definition) is 4. The molecule has 7 heteroatoms. The molecule has 1 aliphatic rings. The highest BCUT2D eigenvalue weighted by molar-refractivity contribution is 9.10. The van der Waals surface area contributed by atoms with Gasteiger partial charge in [-0.2, -0.15) is 0 Å². The molecule has 2 atom stereocenters. The molecule has 0 amide bonds. The number of anilines is 1. The Hall–Kier alpha value is -0.633. The molecule has 2 rings (SSSR count). The maximum atomic E-state index is 5.86. The molecular formula is C16H28BrN3O2Si. The van der Waals surface area contributed by atoms with Crippen molar-refractivity contribution in [1.29, 1.82) is 0 Å². The fourth-order valence-electron chi connectivity index (χ4n) is 2.58. The Kier molecular flexibility index (Phi) is 6.47. The first-order valence-electron chi connectivity index (χ1n) is 8.06. The third kappa shape index (κ3) is 4.92. The minimum Gasteiger partial charge on any atom is -0.383 e. The molecule has 23 heavy (non-hydrogen) atoms. The van der Waals surface area contributed by atoms with Gasteiger partial charge in [0.25, 0.3) is 0 Å². The van der Waals surface area contributed by atoms with Crippen LogP contribution in [0.4, 0.5) is 11.5 Å². The molecule has 2 heterocycles. The minimum atomic E-state index is -1.04. The molecule has 1 aromatic heterocycles. The first-order chi connectivity index (χ1) is 10.8. The zero-order valence-corrected chi connectivity index (χ0v) is 17.3. The fraction of sp³-hybridized carbons (Fsp3) is 0.688. The van der Waals surface area contributed by atoms with Crippen LogP contribution >= 0.6 is 15.9 Å². The molecule has 0 N–H and O–H groups in total. The summed E-state index contributed by atoms with van der Waals surface area (Å²) in [5.41, 5.74) is 1.12. The van der Waals surface area contributed by atoms with Crippen molar-refractivity contribution < 1.29 is 9.47 Å². The van der Waals surface area contributed by atoms with Crippen LogP contribution in [-0.2, 0) is 16.2 Å². The van der Waals surface area contributed by atoms with Crippen LogP contribution in [0.5, 0.6) is 0 Å². The van der Waals surface area contributed by atoms with E-state index in [0.29, 0.717) is 13.3 Å². The highest BCUT2D eigenvalue weighted by atomic mass is 79.9. The summed E-state index contributed by atoms with van der Waals surface area (Å²) in [6.45, 7) is 11.3. The lowest BCUT2D eigenvalue weighted by atomic mass is 10.2. The van der Waals surface area contributed by atoms with Gasteiger partial charge in [-0.05, 0) is 19.0 Å². The second kappa shape index (κ2) is 7.96. The number of aliphatic imine (C=N–C) groups is 1. The molecule has 0 saturated heterocycles. The van der Waals surface area contributed by atoms with E-state index in [9.17, 15) is 0 Å². The van der Waals surface area contributed by atoms with Crippen molar-refractivity contribution in [3.05, 3.63) is 12.3 Å². The van der Waals surface area contributed by atoms with E-state index < -0.39 is 8.07 Å². The van der Waals surface area contributed by atoms with E-state index in [0.717, 1.165) is 18.1 Å². The Bertz CT molecular complexity index is 542. The number of alkyl halides is 1. The van der Waals surface area contributed by atoms with E-state index >= 15 is 0 Å². The van der Waals surface area contributed by atoms with Crippen LogP contribution in [0.2, 0.25) is 25.7 Å². The van der Waals surface area contributed by atoms with Crippen LogP contribution in [0.25, 0.3) is 0 Å². The van der Waals surface area contributed by atoms with E-state index in [4.69, 9.17) is 9.47 Å². The van der Waals surface area contributed by atoms with Crippen LogP contribution in [-0.4, -0.2) is 50.2 Å². The molecule has 130 valence electrons. The van der Waals surface area contributed by atoms with Crippen molar-refractivity contribution in [3.63, 3.8) is 0 Å². The Labute approximate surface area is 148 Å². The Balaban J connectivity index is 2.04. The Morgan fingerprint density at radius 3 is 2.78 bits per heavy atom. The molecular weight excluding hydrogens is 374 g/mol. The van der Waals surface area contributed by atoms with Gasteiger partial charge in [0.15, 0.2) is 5.82 Å². The molecule has 0 saturated carbocycles.